The number of fused-ring (bicyclic) bond motifs is 1. The standard InChI is InChI=1S/C30H26Cl2N2O5/c1-4-17-5-12-22-28(36)34(33-24-13-9-20(31)16-23(24)32)29(37)30(22,19-7-10-21(38-2)11-8-19)27(17)18-6-14-25(35)26(15-18)39-3/h4-11,13-16,22,27,33,35H,1,12H2,2-3H3. The Labute approximate surface area is 236 Å². The van der Waals surface area contributed by atoms with Gasteiger partial charge in [-0.15, -0.1) is 0 Å². The van der Waals surface area contributed by atoms with Gasteiger partial charge in [-0.1, -0.05) is 60.1 Å². The summed E-state index contributed by atoms with van der Waals surface area (Å²) >= 11 is 12.4. The molecular weight excluding hydrogens is 539 g/mol. The van der Waals surface area contributed by atoms with Crippen LogP contribution in [0.15, 0.2) is 85.0 Å². The van der Waals surface area contributed by atoms with Crippen LogP contribution in [0.2, 0.25) is 10.0 Å². The summed E-state index contributed by atoms with van der Waals surface area (Å²) in [5, 5.41) is 12.0. The number of methoxy groups -OCH3 is 2. The lowest BCUT2D eigenvalue weighted by Crippen LogP contribution is -2.48. The molecule has 1 saturated heterocycles. The number of allylic oxidation sites excluding steroid dienone is 3. The number of nitrogens with zero attached hydrogens (tertiary/aromatic N) is 1. The van der Waals surface area contributed by atoms with E-state index in [2.05, 4.69) is 12.0 Å². The van der Waals surface area contributed by atoms with E-state index in [1.807, 2.05) is 18.2 Å². The summed E-state index contributed by atoms with van der Waals surface area (Å²) in [7, 11) is 3.02. The molecule has 1 heterocycles. The fraction of sp³-hybridized carbons (Fsp3) is 0.200. The van der Waals surface area contributed by atoms with Gasteiger partial charge in [0.05, 0.1) is 36.3 Å². The van der Waals surface area contributed by atoms with Crippen molar-refractivity contribution < 1.29 is 24.2 Å². The molecule has 0 saturated carbocycles. The molecule has 39 heavy (non-hydrogen) atoms. The van der Waals surface area contributed by atoms with Crippen molar-refractivity contribution in [1.82, 2.24) is 5.01 Å². The zero-order valence-electron chi connectivity index (χ0n) is 21.3. The van der Waals surface area contributed by atoms with E-state index >= 15 is 0 Å². The summed E-state index contributed by atoms with van der Waals surface area (Å²) in [4.78, 5) is 28.7. The number of hydrogen-bond donors (Lipinski definition) is 2. The number of rotatable bonds is 7. The van der Waals surface area contributed by atoms with Crippen molar-refractivity contribution in [2.75, 3.05) is 19.6 Å². The number of imide groups is 1. The highest BCUT2D eigenvalue weighted by Gasteiger charge is 2.66. The summed E-state index contributed by atoms with van der Waals surface area (Å²) in [6, 6.07) is 16.9. The van der Waals surface area contributed by atoms with Gasteiger partial charge in [0.25, 0.3) is 11.8 Å². The Hall–Kier alpha value is -3.94. The summed E-state index contributed by atoms with van der Waals surface area (Å²) in [5.41, 5.74) is 4.07. The van der Waals surface area contributed by atoms with Gasteiger partial charge in [-0.3, -0.25) is 15.0 Å². The molecule has 1 fully saturated rings. The van der Waals surface area contributed by atoms with Gasteiger partial charge in [0.1, 0.15) is 5.75 Å². The van der Waals surface area contributed by atoms with Crippen LogP contribution in [0, 0.1) is 5.92 Å². The highest BCUT2D eigenvalue weighted by atomic mass is 35.5. The number of carbonyl (C=O) groups is 2. The molecule has 2 aliphatic rings. The molecule has 1 aliphatic carbocycles. The van der Waals surface area contributed by atoms with Crippen molar-refractivity contribution in [3.05, 3.63) is 106 Å². The first-order valence-electron chi connectivity index (χ1n) is 12.2. The lowest BCUT2D eigenvalue weighted by atomic mass is 9.56. The minimum atomic E-state index is -1.35. The molecule has 3 unspecified atom stereocenters. The van der Waals surface area contributed by atoms with Crippen molar-refractivity contribution in [1.29, 1.82) is 0 Å². The van der Waals surface area contributed by atoms with Gasteiger partial charge in [0.15, 0.2) is 11.5 Å². The molecule has 0 bridgehead atoms. The molecular formula is C30H26Cl2N2O5. The second-order valence-electron chi connectivity index (χ2n) is 9.37. The van der Waals surface area contributed by atoms with Crippen LogP contribution >= 0.6 is 23.2 Å². The molecule has 0 radical (unpaired) electrons. The number of hydrogen-bond acceptors (Lipinski definition) is 6. The number of hydrazine groups is 1. The number of phenols is 1. The van der Waals surface area contributed by atoms with E-state index in [0.717, 1.165) is 10.6 Å². The Balaban J connectivity index is 1.74. The molecule has 3 atom stereocenters. The Morgan fingerprint density at radius 2 is 1.79 bits per heavy atom. The average molecular weight is 565 g/mol. The number of aromatic hydroxyl groups is 1. The van der Waals surface area contributed by atoms with Crippen LogP contribution in [-0.4, -0.2) is 36.1 Å². The molecule has 0 aromatic heterocycles. The van der Waals surface area contributed by atoms with Gasteiger partial charge >= 0.3 is 0 Å². The normalized spacial score (nSPS) is 22.3. The molecule has 1 aliphatic heterocycles. The third kappa shape index (κ3) is 4.22. The average Bonchev–Trinajstić information content (AvgIpc) is 3.16. The zero-order valence-corrected chi connectivity index (χ0v) is 22.8. The summed E-state index contributed by atoms with van der Waals surface area (Å²) in [6.45, 7) is 4.01. The predicted octanol–water partition coefficient (Wildman–Crippen LogP) is 6.27. The number of amides is 2. The molecule has 3 aromatic carbocycles. The number of anilines is 1. The Morgan fingerprint density at radius 3 is 2.44 bits per heavy atom. The van der Waals surface area contributed by atoms with Gasteiger partial charge < -0.3 is 14.6 Å². The van der Waals surface area contributed by atoms with Crippen LogP contribution in [0.25, 0.3) is 0 Å². The molecule has 7 nitrogen and oxygen atoms in total. The second kappa shape index (κ2) is 10.3. The summed E-state index contributed by atoms with van der Waals surface area (Å²) in [6.07, 6.45) is 3.96. The minimum Gasteiger partial charge on any atom is -0.504 e. The third-order valence-corrected chi connectivity index (χ3v) is 8.05. The molecule has 200 valence electrons. The Morgan fingerprint density at radius 1 is 1.05 bits per heavy atom. The smallest absolute Gasteiger partial charge is 0.260 e. The fourth-order valence-corrected chi connectivity index (χ4v) is 6.18. The topological polar surface area (TPSA) is 88.1 Å². The van der Waals surface area contributed by atoms with Crippen LogP contribution < -0.4 is 14.9 Å². The van der Waals surface area contributed by atoms with E-state index in [4.69, 9.17) is 32.7 Å². The molecule has 3 aromatic rings. The fourth-order valence-electron chi connectivity index (χ4n) is 5.73. The van der Waals surface area contributed by atoms with Crippen LogP contribution in [0.3, 0.4) is 0 Å². The molecule has 2 amide bonds. The first kappa shape index (κ1) is 26.7. The van der Waals surface area contributed by atoms with E-state index in [-0.39, 0.29) is 16.5 Å². The summed E-state index contributed by atoms with van der Waals surface area (Å²) in [5.74, 6) is -1.38. The third-order valence-electron chi connectivity index (χ3n) is 7.51. The van der Waals surface area contributed by atoms with Gasteiger partial charge in [-0.2, -0.15) is 5.01 Å². The molecule has 5 rings (SSSR count). The van der Waals surface area contributed by atoms with Crippen LogP contribution in [0.1, 0.15) is 23.5 Å². The van der Waals surface area contributed by atoms with Crippen molar-refractivity contribution >= 4 is 40.7 Å². The van der Waals surface area contributed by atoms with E-state index in [9.17, 15) is 14.7 Å². The van der Waals surface area contributed by atoms with Crippen LogP contribution in [0.4, 0.5) is 5.69 Å². The maximum Gasteiger partial charge on any atom is 0.260 e. The van der Waals surface area contributed by atoms with E-state index in [0.29, 0.717) is 34.0 Å². The zero-order chi connectivity index (χ0) is 27.9. The maximum atomic E-state index is 14.7. The van der Waals surface area contributed by atoms with E-state index in [1.54, 1.807) is 49.6 Å². The van der Waals surface area contributed by atoms with Crippen molar-refractivity contribution in [2.45, 2.75) is 17.8 Å². The van der Waals surface area contributed by atoms with Crippen molar-refractivity contribution in [3.63, 3.8) is 0 Å². The molecule has 0 spiro atoms. The first-order chi connectivity index (χ1) is 18.8. The van der Waals surface area contributed by atoms with Crippen LogP contribution in [-0.2, 0) is 15.0 Å². The second-order valence-corrected chi connectivity index (χ2v) is 10.2. The lowest BCUT2D eigenvalue weighted by molar-refractivity contribution is -0.138. The quantitative estimate of drug-likeness (QED) is 0.329. The first-order valence-corrected chi connectivity index (χ1v) is 13.0. The Kier molecular flexibility index (Phi) is 7.05. The van der Waals surface area contributed by atoms with E-state index < -0.39 is 29.1 Å². The predicted molar refractivity (Wildman–Crippen MR) is 150 cm³/mol. The Bertz CT molecular complexity index is 1500. The van der Waals surface area contributed by atoms with Crippen LogP contribution in [0.5, 0.6) is 17.2 Å². The highest BCUT2D eigenvalue weighted by Crippen LogP contribution is 2.58. The number of benzene rings is 3. The highest BCUT2D eigenvalue weighted by molar-refractivity contribution is 6.36. The van der Waals surface area contributed by atoms with Gasteiger partial charge in [-0.25, -0.2) is 0 Å². The number of nitrogens with one attached hydrogen (secondary N) is 1. The van der Waals surface area contributed by atoms with Gasteiger partial charge in [0.2, 0.25) is 0 Å². The van der Waals surface area contributed by atoms with E-state index in [1.165, 1.54) is 19.2 Å². The monoisotopic (exact) mass is 564 g/mol. The number of carbonyl (C=O) groups excluding carboxylic acids is 2. The number of ether oxygens (including phenoxy) is 2. The largest absolute Gasteiger partial charge is 0.504 e. The maximum absolute atomic E-state index is 14.7. The molecule has 2 N–H and O–H groups in total. The van der Waals surface area contributed by atoms with Crippen molar-refractivity contribution in [3.8, 4) is 17.2 Å². The SMILES string of the molecule is C=CC1=CCC2C(=O)N(Nc3ccc(Cl)cc3Cl)C(=O)C2(c2ccc(OC)cc2)C1c1ccc(O)c(OC)c1. The molecule has 9 heteroatoms. The number of phenolic OH excluding ortho intramolecular Hbond substituents is 1. The van der Waals surface area contributed by atoms with Crippen molar-refractivity contribution in [2.24, 2.45) is 5.92 Å². The number of halogens is 2. The van der Waals surface area contributed by atoms with Gasteiger partial charge in [-0.05, 0) is 65.6 Å². The van der Waals surface area contributed by atoms with Gasteiger partial charge in [0, 0.05) is 10.9 Å². The summed E-state index contributed by atoms with van der Waals surface area (Å²) < 4.78 is 10.7. The minimum absolute atomic E-state index is 0.0364. The lowest BCUT2D eigenvalue weighted by Gasteiger charge is -2.43.